The summed E-state index contributed by atoms with van der Waals surface area (Å²) in [7, 11) is 0. The van der Waals surface area contributed by atoms with Gasteiger partial charge in [0.1, 0.15) is 5.38 Å². The molecule has 0 aliphatic carbocycles. The maximum atomic E-state index is 10.3. The van der Waals surface area contributed by atoms with Crippen LogP contribution in [-0.2, 0) is 0 Å². The lowest BCUT2D eigenvalue weighted by atomic mass is 10.1. The van der Waals surface area contributed by atoms with Crippen molar-refractivity contribution in [3.8, 4) is 0 Å². The van der Waals surface area contributed by atoms with E-state index in [4.69, 9.17) is 34.8 Å². The van der Waals surface area contributed by atoms with Crippen LogP contribution in [0.15, 0.2) is 24.3 Å². The minimum Gasteiger partial charge on any atom is -0.263 e. The molecule has 0 aliphatic rings. The number of nitrogens with zero attached hydrogens (tertiary/aromatic N) is 1. The van der Waals surface area contributed by atoms with E-state index in [0.29, 0.717) is 10.6 Å². The van der Waals surface area contributed by atoms with Crippen LogP contribution < -0.4 is 0 Å². The zero-order chi connectivity index (χ0) is 10.7. The molecule has 76 valence electrons. The minimum absolute atomic E-state index is 0.546. The number of hydrogen-bond donors (Lipinski definition) is 0. The third-order valence-electron chi connectivity index (χ3n) is 1.63. The SMILES string of the molecule is O=[N+]([O-])[C@@H](Cl)[C@H](Cl)c1ccc(Cl)cc1. The number of rotatable bonds is 3. The molecule has 2 atom stereocenters. The molecule has 0 unspecified atom stereocenters. The lowest BCUT2D eigenvalue weighted by molar-refractivity contribution is -0.498. The summed E-state index contributed by atoms with van der Waals surface area (Å²) in [6, 6.07) is 6.43. The Morgan fingerprint density at radius 1 is 1.21 bits per heavy atom. The second kappa shape index (κ2) is 4.82. The largest absolute Gasteiger partial charge is 0.306 e. The Bertz CT molecular complexity index is 328. The van der Waals surface area contributed by atoms with Gasteiger partial charge < -0.3 is 0 Å². The Morgan fingerprint density at radius 2 is 1.71 bits per heavy atom. The van der Waals surface area contributed by atoms with Crippen molar-refractivity contribution in [3.05, 3.63) is 45.0 Å². The summed E-state index contributed by atoms with van der Waals surface area (Å²) in [6.07, 6.45) is 0. The van der Waals surface area contributed by atoms with Gasteiger partial charge in [-0.2, -0.15) is 0 Å². The van der Waals surface area contributed by atoms with Gasteiger partial charge >= 0.3 is 5.50 Å². The molecule has 6 heteroatoms. The molecular formula is C8H6Cl3NO2. The molecule has 0 fully saturated rings. The lowest BCUT2D eigenvalue weighted by Gasteiger charge is -2.09. The fourth-order valence-electron chi connectivity index (χ4n) is 0.912. The Kier molecular flexibility index (Phi) is 3.98. The standard InChI is InChI=1S/C8H6Cl3NO2/c9-6-3-1-5(2-4-6)7(10)8(11)12(13)14/h1-4,7-8H/t7-,8-/m1/s1. The number of hydrogen-bond acceptors (Lipinski definition) is 2. The molecule has 0 aliphatic heterocycles. The molecule has 0 radical (unpaired) electrons. The van der Waals surface area contributed by atoms with E-state index in [9.17, 15) is 10.1 Å². The smallest absolute Gasteiger partial charge is 0.263 e. The zero-order valence-electron chi connectivity index (χ0n) is 6.86. The van der Waals surface area contributed by atoms with Crippen LogP contribution in [0.5, 0.6) is 0 Å². The molecule has 1 rings (SSSR count). The Morgan fingerprint density at radius 3 is 2.14 bits per heavy atom. The molecule has 0 amide bonds. The van der Waals surface area contributed by atoms with Crippen molar-refractivity contribution >= 4 is 34.8 Å². The monoisotopic (exact) mass is 253 g/mol. The highest BCUT2D eigenvalue weighted by Gasteiger charge is 2.28. The van der Waals surface area contributed by atoms with Gasteiger partial charge in [0.2, 0.25) is 0 Å². The van der Waals surface area contributed by atoms with Crippen LogP contribution in [0.1, 0.15) is 10.9 Å². The average molecular weight is 255 g/mol. The van der Waals surface area contributed by atoms with Crippen LogP contribution in [0.25, 0.3) is 0 Å². The van der Waals surface area contributed by atoms with Crippen LogP contribution in [0.2, 0.25) is 5.02 Å². The van der Waals surface area contributed by atoms with E-state index in [1.165, 1.54) is 0 Å². The van der Waals surface area contributed by atoms with Crippen LogP contribution >= 0.6 is 34.8 Å². The topological polar surface area (TPSA) is 43.1 Å². The molecule has 0 spiro atoms. The van der Waals surface area contributed by atoms with Crippen molar-refractivity contribution in [1.29, 1.82) is 0 Å². The Labute approximate surface area is 95.7 Å². The maximum Gasteiger partial charge on any atom is 0.306 e. The van der Waals surface area contributed by atoms with Crippen LogP contribution in [0, 0.1) is 10.1 Å². The predicted molar refractivity (Wildman–Crippen MR) is 56.7 cm³/mol. The first-order valence-electron chi connectivity index (χ1n) is 3.69. The van der Waals surface area contributed by atoms with Crippen molar-refractivity contribution in [2.45, 2.75) is 10.9 Å². The molecule has 1 aromatic rings. The van der Waals surface area contributed by atoms with Crippen LogP contribution in [-0.4, -0.2) is 10.4 Å². The van der Waals surface area contributed by atoms with Crippen molar-refractivity contribution in [2.75, 3.05) is 0 Å². The number of halogens is 3. The van der Waals surface area contributed by atoms with Gasteiger partial charge in [-0.15, -0.1) is 11.6 Å². The number of benzene rings is 1. The second-order valence-electron chi connectivity index (χ2n) is 2.61. The van der Waals surface area contributed by atoms with Crippen molar-refractivity contribution < 1.29 is 4.92 Å². The van der Waals surface area contributed by atoms with Gasteiger partial charge in [-0.1, -0.05) is 23.7 Å². The quantitative estimate of drug-likeness (QED) is 0.359. The van der Waals surface area contributed by atoms with Gasteiger partial charge in [-0.3, -0.25) is 10.1 Å². The van der Waals surface area contributed by atoms with E-state index in [-0.39, 0.29) is 0 Å². The molecule has 0 saturated heterocycles. The fraction of sp³-hybridized carbons (Fsp3) is 0.250. The van der Waals surface area contributed by atoms with Gasteiger partial charge in [-0.25, -0.2) is 0 Å². The van der Waals surface area contributed by atoms with Gasteiger partial charge in [0.15, 0.2) is 0 Å². The summed E-state index contributed by atoms with van der Waals surface area (Å²) < 4.78 is 0. The fourth-order valence-corrected chi connectivity index (χ4v) is 1.42. The Balaban J connectivity index is 2.84. The van der Waals surface area contributed by atoms with E-state index < -0.39 is 15.8 Å². The first-order valence-corrected chi connectivity index (χ1v) is 4.94. The van der Waals surface area contributed by atoms with Gasteiger partial charge in [0.25, 0.3) is 0 Å². The summed E-state index contributed by atoms with van der Waals surface area (Å²) in [4.78, 5) is 9.71. The summed E-state index contributed by atoms with van der Waals surface area (Å²) in [5, 5.41) is 10.0. The minimum atomic E-state index is -1.34. The van der Waals surface area contributed by atoms with E-state index in [2.05, 4.69) is 0 Å². The summed E-state index contributed by atoms with van der Waals surface area (Å²) >= 11 is 16.9. The van der Waals surface area contributed by atoms with Gasteiger partial charge in [-0.05, 0) is 29.3 Å². The first-order chi connectivity index (χ1) is 6.52. The third kappa shape index (κ3) is 2.74. The van der Waals surface area contributed by atoms with Crippen molar-refractivity contribution in [2.24, 2.45) is 0 Å². The Hall–Kier alpha value is -0.510. The van der Waals surface area contributed by atoms with Crippen LogP contribution in [0.3, 0.4) is 0 Å². The summed E-state index contributed by atoms with van der Waals surface area (Å²) in [6.45, 7) is 0. The zero-order valence-corrected chi connectivity index (χ0v) is 9.13. The van der Waals surface area contributed by atoms with E-state index >= 15 is 0 Å². The molecule has 0 N–H and O–H groups in total. The molecule has 0 aromatic heterocycles. The number of alkyl halides is 2. The molecule has 0 bridgehead atoms. The molecule has 0 saturated carbocycles. The highest BCUT2D eigenvalue weighted by Crippen LogP contribution is 2.28. The molecule has 14 heavy (non-hydrogen) atoms. The van der Waals surface area contributed by atoms with E-state index in [0.717, 1.165) is 0 Å². The van der Waals surface area contributed by atoms with Gasteiger partial charge in [0, 0.05) is 9.95 Å². The maximum absolute atomic E-state index is 10.3. The molecule has 3 nitrogen and oxygen atoms in total. The normalized spacial score (nSPS) is 14.8. The predicted octanol–water partition coefficient (Wildman–Crippen LogP) is 3.46. The van der Waals surface area contributed by atoms with E-state index in [1.54, 1.807) is 24.3 Å². The molecular weight excluding hydrogens is 248 g/mol. The number of nitro groups is 1. The van der Waals surface area contributed by atoms with Crippen molar-refractivity contribution in [1.82, 2.24) is 0 Å². The molecule has 0 heterocycles. The highest BCUT2D eigenvalue weighted by atomic mass is 35.5. The summed E-state index contributed by atoms with van der Waals surface area (Å²) in [5.41, 5.74) is -0.759. The third-order valence-corrected chi connectivity index (χ3v) is 2.91. The average Bonchev–Trinajstić information content (AvgIpc) is 2.16. The molecule has 1 aromatic carbocycles. The van der Waals surface area contributed by atoms with E-state index in [1.807, 2.05) is 0 Å². The summed E-state index contributed by atoms with van der Waals surface area (Å²) in [5.74, 6) is 0. The van der Waals surface area contributed by atoms with Gasteiger partial charge in [0.05, 0.1) is 0 Å². The second-order valence-corrected chi connectivity index (χ2v) is 3.97. The van der Waals surface area contributed by atoms with Crippen molar-refractivity contribution in [3.63, 3.8) is 0 Å². The van der Waals surface area contributed by atoms with Crippen LogP contribution in [0.4, 0.5) is 0 Å². The highest BCUT2D eigenvalue weighted by molar-refractivity contribution is 6.31. The first kappa shape index (κ1) is 11.6. The lowest BCUT2D eigenvalue weighted by Crippen LogP contribution is -2.17.